The SMILES string of the molecule is CC(C)(C)OC(=O)N[C@@H](Cc1cnc(C2CC2)[nH]1)C(=O)O. The van der Waals surface area contributed by atoms with Gasteiger partial charge < -0.3 is 20.1 Å². The Morgan fingerprint density at radius 3 is 2.71 bits per heavy atom. The predicted molar refractivity (Wildman–Crippen MR) is 75.1 cm³/mol. The Balaban J connectivity index is 1.94. The van der Waals surface area contributed by atoms with E-state index in [9.17, 15) is 14.7 Å². The Bertz CT molecular complexity index is 529. The van der Waals surface area contributed by atoms with Gasteiger partial charge in [-0.05, 0) is 33.6 Å². The number of carbonyl (C=O) groups is 2. The molecule has 1 fully saturated rings. The molecule has 0 aromatic carbocycles. The monoisotopic (exact) mass is 295 g/mol. The summed E-state index contributed by atoms with van der Waals surface area (Å²) in [6.07, 6.45) is 3.27. The zero-order valence-corrected chi connectivity index (χ0v) is 12.5. The van der Waals surface area contributed by atoms with Gasteiger partial charge in [-0.1, -0.05) is 0 Å². The number of hydrogen-bond acceptors (Lipinski definition) is 4. The van der Waals surface area contributed by atoms with Crippen molar-refractivity contribution in [2.24, 2.45) is 0 Å². The zero-order valence-electron chi connectivity index (χ0n) is 12.5. The van der Waals surface area contributed by atoms with Crippen LogP contribution in [0.15, 0.2) is 6.20 Å². The number of amides is 1. The van der Waals surface area contributed by atoms with Crippen molar-refractivity contribution in [1.29, 1.82) is 0 Å². The summed E-state index contributed by atoms with van der Waals surface area (Å²) < 4.78 is 5.07. The Hall–Kier alpha value is -2.05. The number of H-pyrrole nitrogens is 1. The van der Waals surface area contributed by atoms with Crippen LogP contribution in [0.25, 0.3) is 0 Å². The van der Waals surface area contributed by atoms with Crippen molar-refractivity contribution in [3.63, 3.8) is 0 Å². The molecule has 1 saturated carbocycles. The smallest absolute Gasteiger partial charge is 0.408 e. The lowest BCUT2D eigenvalue weighted by Gasteiger charge is -2.21. The zero-order chi connectivity index (χ0) is 15.6. The van der Waals surface area contributed by atoms with Crippen molar-refractivity contribution in [1.82, 2.24) is 15.3 Å². The quantitative estimate of drug-likeness (QED) is 0.768. The van der Waals surface area contributed by atoms with Crippen LogP contribution in [0.5, 0.6) is 0 Å². The molecule has 7 heteroatoms. The van der Waals surface area contributed by atoms with Crippen molar-refractivity contribution < 1.29 is 19.4 Å². The first-order chi connectivity index (χ1) is 9.74. The van der Waals surface area contributed by atoms with Crippen LogP contribution in [0.1, 0.15) is 51.0 Å². The molecule has 1 heterocycles. The average molecular weight is 295 g/mol. The van der Waals surface area contributed by atoms with Crippen molar-refractivity contribution >= 4 is 12.1 Å². The highest BCUT2D eigenvalue weighted by molar-refractivity contribution is 5.80. The molecule has 7 nitrogen and oxygen atoms in total. The lowest BCUT2D eigenvalue weighted by Crippen LogP contribution is -2.44. The maximum atomic E-state index is 11.7. The molecule has 0 unspecified atom stereocenters. The topological polar surface area (TPSA) is 104 Å². The van der Waals surface area contributed by atoms with Gasteiger partial charge in [-0.2, -0.15) is 0 Å². The minimum Gasteiger partial charge on any atom is -0.480 e. The van der Waals surface area contributed by atoms with E-state index in [1.165, 1.54) is 0 Å². The summed E-state index contributed by atoms with van der Waals surface area (Å²) in [5.41, 5.74) is 0.0284. The third kappa shape index (κ3) is 4.77. The molecule has 3 N–H and O–H groups in total. The summed E-state index contributed by atoms with van der Waals surface area (Å²) in [7, 11) is 0. The van der Waals surface area contributed by atoms with Crippen molar-refractivity contribution in [2.75, 3.05) is 0 Å². The number of aromatic amines is 1. The van der Waals surface area contributed by atoms with Gasteiger partial charge in [0.05, 0.1) is 0 Å². The molecule has 1 amide bonds. The summed E-state index contributed by atoms with van der Waals surface area (Å²) in [5, 5.41) is 11.6. The van der Waals surface area contributed by atoms with Crippen LogP contribution < -0.4 is 5.32 Å². The number of carboxylic acid groups (broad SMARTS) is 1. The molecule has 0 bridgehead atoms. The van der Waals surface area contributed by atoms with Gasteiger partial charge in [0.2, 0.25) is 0 Å². The van der Waals surface area contributed by atoms with Gasteiger partial charge in [0.25, 0.3) is 0 Å². The number of rotatable bonds is 5. The minimum atomic E-state index is -1.11. The standard InChI is InChI=1S/C14H21N3O4/c1-14(2,3)21-13(20)17-10(12(18)19)6-9-7-15-11(16-9)8-4-5-8/h7-8,10H,4-6H2,1-3H3,(H,15,16)(H,17,20)(H,18,19)/t10-/m0/s1. The van der Waals surface area contributed by atoms with Gasteiger partial charge in [-0.15, -0.1) is 0 Å². The van der Waals surface area contributed by atoms with Crippen LogP contribution in [-0.2, 0) is 16.0 Å². The van der Waals surface area contributed by atoms with Crippen LogP contribution >= 0.6 is 0 Å². The number of aliphatic carboxylic acids is 1. The first kappa shape index (κ1) is 15.3. The fourth-order valence-corrected chi connectivity index (χ4v) is 1.91. The maximum Gasteiger partial charge on any atom is 0.408 e. The van der Waals surface area contributed by atoms with Crippen LogP contribution in [0.2, 0.25) is 0 Å². The van der Waals surface area contributed by atoms with Gasteiger partial charge in [-0.3, -0.25) is 0 Å². The number of alkyl carbamates (subject to hydrolysis) is 1. The molecular weight excluding hydrogens is 274 g/mol. The lowest BCUT2D eigenvalue weighted by molar-refractivity contribution is -0.139. The molecule has 1 aliphatic rings. The number of nitrogens with zero attached hydrogens (tertiary/aromatic N) is 1. The summed E-state index contributed by atoms with van der Waals surface area (Å²) in [6.45, 7) is 5.16. The van der Waals surface area contributed by atoms with E-state index in [0.29, 0.717) is 11.6 Å². The number of nitrogens with one attached hydrogen (secondary N) is 2. The Morgan fingerprint density at radius 1 is 1.52 bits per heavy atom. The van der Waals surface area contributed by atoms with E-state index in [0.717, 1.165) is 18.7 Å². The molecule has 0 radical (unpaired) electrons. The lowest BCUT2D eigenvalue weighted by atomic mass is 10.1. The second kappa shape index (κ2) is 5.75. The predicted octanol–water partition coefficient (Wildman–Crippen LogP) is 1.81. The van der Waals surface area contributed by atoms with E-state index in [1.807, 2.05) is 0 Å². The first-order valence-corrected chi connectivity index (χ1v) is 7.00. The molecule has 1 atom stereocenters. The number of ether oxygens (including phenoxy) is 1. The molecule has 2 rings (SSSR count). The van der Waals surface area contributed by atoms with Crippen molar-refractivity contribution in [3.05, 3.63) is 17.7 Å². The van der Waals surface area contributed by atoms with Crippen LogP contribution in [-0.4, -0.2) is 38.8 Å². The number of carboxylic acids is 1. The molecule has 0 spiro atoms. The molecule has 1 aliphatic carbocycles. The highest BCUT2D eigenvalue weighted by Gasteiger charge is 2.28. The van der Waals surface area contributed by atoms with Crippen molar-refractivity contribution in [2.45, 2.75) is 57.6 Å². The van der Waals surface area contributed by atoms with E-state index >= 15 is 0 Å². The highest BCUT2D eigenvalue weighted by Crippen LogP contribution is 2.38. The number of imidazole rings is 1. The van der Waals surface area contributed by atoms with E-state index in [1.54, 1.807) is 27.0 Å². The van der Waals surface area contributed by atoms with E-state index in [4.69, 9.17) is 4.74 Å². The Labute approximate surface area is 123 Å². The van der Waals surface area contributed by atoms with Crippen LogP contribution in [0.4, 0.5) is 4.79 Å². The van der Waals surface area contributed by atoms with Crippen LogP contribution in [0.3, 0.4) is 0 Å². The van der Waals surface area contributed by atoms with Gasteiger partial charge in [-0.25, -0.2) is 14.6 Å². The minimum absolute atomic E-state index is 0.147. The highest BCUT2D eigenvalue weighted by atomic mass is 16.6. The van der Waals surface area contributed by atoms with Gasteiger partial charge in [0.15, 0.2) is 0 Å². The van der Waals surface area contributed by atoms with Crippen LogP contribution in [0, 0.1) is 0 Å². The summed E-state index contributed by atoms with van der Waals surface area (Å²) in [6, 6.07) is -1.05. The molecule has 0 saturated heterocycles. The summed E-state index contributed by atoms with van der Waals surface area (Å²) in [4.78, 5) is 30.3. The third-order valence-electron chi connectivity index (χ3n) is 3.03. The maximum absolute atomic E-state index is 11.7. The third-order valence-corrected chi connectivity index (χ3v) is 3.03. The van der Waals surface area contributed by atoms with Gasteiger partial charge >= 0.3 is 12.1 Å². The summed E-state index contributed by atoms with van der Waals surface area (Å²) >= 11 is 0. The molecule has 116 valence electrons. The van der Waals surface area contributed by atoms with Gasteiger partial charge in [0.1, 0.15) is 17.5 Å². The molecule has 1 aromatic heterocycles. The van der Waals surface area contributed by atoms with E-state index < -0.39 is 23.7 Å². The largest absolute Gasteiger partial charge is 0.480 e. The first-order valence-electron chi connectivity index (χ1n) is 7.00. The summed E-state index contributed by atoms with van der Waals surface area (Å²) in [5.74, 6) is 0.260. The molecule has 0 aliphatic heterocycles. The van der Waals surface area contributed by atoms with Gasteiger partial charge in [0, 0.05) is 24.2 Å². The molecule has 1 aromatic rings. The van der Waals surface area contributed by atoms with E-state index in [-0.39, 0.29) is 6.42 Å². The fourth-order valence-electron chi connectivity index (χ4n) is 1.91. The van der Waals surface area contributed by atoms with E-state index in [2.05, 4.69) is 15.3 Å². The molecular formula is C14H21N3O4. The second-order valence-corrected chi connectivity index (χ2v) is 6.31. The number of hydrogen-bond donors (Lipinski definition) is 3. The molecule has 21 heavy (non-hydrogen) atoms. The number of aromatic nitrogens is 2. The fraction of sp³-hybridized carbons (Fsp3) is 0.643. The normalized spacial score (nSPS) is 16.3. The Kier molecular flexibility index (Phi) is 4.20. The average Bonchev–Trinajstić information content (AvgIpc) is 3.07. The Morgan fingerprint density at radius 2 is 2.19 bits per heavy atom. The second-order valence-electron chi connectivity index (χ2n) is 6.31. The number of carbonyl (C=O) groups excluding carboxylic acids is 1. The van der Waals surface area contributed by atoms with Crippen molar-refractivity contribution in [3.8, 4) is 0 Å².